The number of rotatable bonds is 5. The Balaban J connectivity index is 1.49. The molecule has 0 spiro atoms. The van der Waals surface area contributed by atoms with Crippen LogP contribution in [-0.2, 0) is 4.79 Å². The van der Waals surface area contributed by atoms with Gasteiger partial charge in [0.25, 0.3) is 0 Å². The highest BCUT2D eigenvalue weighted by Crippen LogP contribution is 2.18. The van der Waals surface area contributed by atoms with E-state index in [0.717, 1.165) is 48.7 Å². The molecule has 2 aromatic rings. The van der Waals surface area contributed by atoms with Crippen LogP contribution >= 0.6 is 0 Å². The van der Waals surface area contributed by atoms with Crippen molar-refractivity contribution < 1.29 is 9.59 Å². The number of aryl methyl sites for hydroxylation is 1. The van der Waals surface area contributed by atoms with Gasteiger partial charge >= 0.3 is 0 Å². The molecule has 0 atom stereocenters. The van der Waals surface area contributed by atoms with Gasteiger partial charge in [0.2, 0.25) is 5.91 Å². The maximum absolute atomic E-state index is 12.2. The minimum Gasteiger partial charge on any atom is -0.369 e. The zero-order chi connectivity index (χ0) is 18.5. The third-order valence-corrected chi connectivity index (χ3v) is 4.68. The zero-order valence-electron chi connectivity index (χ0n) is 15.4. The van der Waals surface area contributed by atoms with Crippen molar-refractivity contribution in [1.82, 2.24) is 4.90 Å². The highest BCUT2D eigenvalue weighted by atomic mass is 16.2. The van der Waals surface area contributed by atoms with E-state index in [0.29, 0.717) is 6.54 Å². The third-order valence-electron chi connectivity index (χ3n) is 4.68. The first-order chi connectivity index (χ1) is 12.5. The minimum absolute atomic E-state index is 0.0230. The highest BCUT2D eigenvalue weighted by molar-refractivity contribution is 5.94. The van der Waals surface area contributed by atoms with Gasteiger partial charge in [-0.2, -0.15) is 0 Å². The van der Waals surface area contributed by atoms with Gasteiger partial charge in [0.05, 0.1) is 6.54 Å². The van der Waals surface area contributed by atoms with Gasteiger partial charge in [-0.25, -0.2) is 0 Å². The van der Waals surface area contributed by atoms with Crippen LogP contribution in [0.1, 0.15) is 22.8 Å². The number of carbonyl (C=O) groups excluding carboxylic acids is 2. The predicted octanol–water partition coefficient (Wildman–Crippen LogP) is 2.96. The first-order valence-corrected chi connectivity index (χ1v) is 8.96. The van der Waals surface area contributed by atoms with Crippen LogP contribution < -0.4 is 10.2 Å². The monoisotopic (exact) mass is 351 g/mol. The van der Waals surface area contributed by atoms with Gasteiger partial charge in [-0.05, 0) is 55.8 Å². The summed E-state index contributed by atoms with van der Waals surface area (Å²) in [6.45, 7) is 7.43. The molecule has 26 heavy (non-hydrogen) atoms. The van der Waals surface area contributed by atoms with Crippen LogP contribution in [0.4, 0.5) is 11.4 Å². The average Bonchev–Trinajstić information content (AvgIpc) is 2.62. The first-order valence-electron chi connectivity index (χ1n) is 8.96. The Morgan fingerprint density at radius 1 is 1.00 bits per heavy atom. The first kappa shape index (κ1) is 18.1. The Kier molecular flexibility index (Phi) is 5.68. The molecular formula is C21H25N3O2. The van der Waals surface area contributed by atoms with Crippen molar-refractivity contribution in [2.24, 2.45) is 0 Å². The van der Waals surface area contributed by atoms with E-state index < -0.39 is 0 Å². The number of carbonyl (C=O) groups is 2. The number of amides is 1. The van der Waals surface area contributed by atoms with E-state index in [1.165, 1.54) is 0 Å². The second-order valence-corrected chi connectivity index (χ2v) is 6.78. The highest BCUT2D eigenvalue weighted by Gasteiger charge is 2.19. The second kappa shape index (κ2) is 8.15. The van der Waals surface area contributed by atoms with Gasteiger partial charge in [-0.1, -0.05) is 12.1 Å². The quantitative estimate of drug-likeness (QED) is 0.842. The van der Waals surface area contributed by atoms with Crippen molar-refractivity contribution in [3.05, 3.63) is 59.7 Å². The molecule has 1 aliphatic rings. The molecule has 1 amide bonds. The topological polar surface area (TPSA) is 52.7 Å². The largest absolute Gasteiger partial charge is 0.369 e. The van der Waals surface area contributed by atoms with Crippen molar-refractivity contribution in [3.63, 3.8) is 0 Å². The number of hydrogen-bond acceptors (Lipinski definition) is 4. The van der Waals surface area contributed by atoms with Crippen molar-refractivity contribution in [1.29, 1.82) is 0 Å². The molecule has 1 N–H and O–H groups in total. The number of Topliss-reactive ketones (excluding diaryl/α,β-unsaturated/α-hetero) is 1. The van der Waals surface area contributed by atoms with Crippen LogP contribution in [0.15, 0.2) is 48.5 Å². The summed E-state index contributed by atoms with van der Waals surface area (Å²) in [5, 5.41) is 2.96. The van der Waals surface area contributed by atoms with Gasteiger partial charge in [-0.15, -0.1) is 0 Å². The Labute approximate surface area is 154 Å². The molecule has 2 aromatic carbocycles. The van der Waals surface area contributed by atoms with Crippen molar-refractivity contribution in [2.45, 2.75) is 13.8 Å². The number of hydrogen-bond donors (Lipinski definition) is 1. The van der Waals surface area contributed by atoms with Crippen molar-refractivity contribution in [2.75, 3.05) is 42.9 Å². The van der Waals surface area contributed by atoms with E-state index in [9.17, 15) is 9.59 Å². The fourth-order valence-electron chi connectivity index (χ4n) is 3.20. The van der Waals surface area contributed by atoms with Gasteiger partial charge in [0, 0.05) is 43.1 Å². The van der Waals surface area contributed by atoms with Crippen molar-refractivity contribution in [3.8, 4) is 0 Å². The van der Waals surface area contributed by atoms with E-state index in [4.69, 9.17) is 0 Å². The van der Waals surface area contributed by atoms with E-state index in [1.54, 1.807) is 6.92 Å². The molecule has 1 saturated heterocycles. The molecule has 5 heteroatoms. The lowest BCUT2D eigenvalue weighted by molar-refractivity contribution is -0.117. The van der Waals surface area contributed by atoms with E-state index in [-0.39, 0.29) is 11.7 Å². The van der Waals surface area contributed by atoms with Gasteiger partial charge in [0.1, 0.15) is 0 Å². The summed E-state index contributed by atoms with van der Waals surface area (Å²) < 4.78 is 0. The Hall–Kier alpha value is -2.66. The molecule has 0 aliphatic carbocycles. The summed E-state index contributed by atoms with van der Waals surface area (Å²) in [6.07, 6.45) is 0. The molecule has 136 valence electrons. The lowest BCUT2D eigenvalue weighted by Crippen LogP contribution is -2.48. The molecule has 1 aliphatic heterocycles. The molecule has 0 unspecified atom stereocenters. The fourth-order valence-corrected chi connectivity index (χ4v) is 3.20. The van der Waals surface area contributed by atoms with Crippen molar-refractivity contribution >= 4 is 23.1 Å². The molecule has 0 aromatic heterocycles. The Morgan fingerprint density at radius 3 is 2.31 bits per heavy atom. The van der Waals surface area contributed by atoms with Gasteiger partial charge < -0.3 is 10.2 Å². The van der Waals surface area contributed by atoms with Gasteiger partial charge in [0.15, 0.2) is 5.78 Å². The van der Waals surface area contributed by atoms with E-state index >= 15 is 0 Å². The number of nitrogens with one attached hydrogen (secondary N) is 1. The molecule has 0 radical (unpaired) electrons. The molecular weight excluding hydrogens is 326 g/mol. The van der Waals surface area contributed by atoms with Crippen LogP contribution in [0.5, 0.6) is 0 Å². The molecule has 1 heterocycles. The molecule has 0 saturated carbocycles. The van der Waals surface area contributed by atoms with E-state index in [1.807, 2.05) is 55.5 Å². The van der Waals surface area contributed by atoms with Crippen LogP contribution in [-0.4, -0.2) is 49.3 Å². The standard InChI is InChI=1S/C21H25N3O2/c1-16-4-3-5-19(14-16)22-21(26)15-23-10-12-24(13-11-23)20-8-6-18(7-9-20)17(2)25/h3-9,14H,10-13,15H2,1-2H3,(H,22,26). The number of nitrogens with zero attached hydrogens (tertiary/aromatic N) is 2. The smallest absolute Gasteiger partial charge is 0.238 e. The van der Waals surface area contributed by atoms with Crippen LogP contribution in [0.2, 0.25) is 0 Å². The zero-order valence-corrected chi connectivity index (χ0v) is 15.4. The average molecular weight is 351 g/mol. The lowest BCUT2D eigenvalue weighted by Gasteiger charge is -2.35. The summed E-state index contributed by atoms with van der Waals surface area (Å²) >= 11 is 0. The summed E-state index contributed by atoms with van der Waals surface area (Å²) in [4.78, 5) is 28.1. The lowest BCUT2D eigenvalue weighted by atomic mass is 10.1. The minimum atomic E-state index is 0.0230. The number of ketones is 1. The molecule has 0 bridgehead atoms. The summed E-state index contributed by atoms with van der Waals surface area (Å²) in [5.41, 5.74) is 3.84. The Morgan fingerprint density at radius 2 is 1.69 bits per heavy atom. The predicted molar refractivity (Wildman–Crippen MR) is 105 cm³/mol. The number of anilines is 2. The van der Waals surface area contributed by atoms with E-state index in [2.05, 4.69) is 15.1 Å². The van der Waals surface area contributed by atoms with Crippen LogP contribution in [0, 0.1) is 6.92 Å². The number of piperazine rings is 1. The maximum atomic E-state index is 12.2. The number of benzene rings is 2. The maximum Gasteiger partial charge on any atom is 0.238 e. The SMILES string of the molecule is CC(=O)c1ccc(N2CCN(CC(=O)Nc3cccc(C)c3)CC2)cc1. The summed E-state index contributed by atoms with van der Waals surface area (Å²) in [7, 11) is 0. The summed E-state index contributed by atoms with van der Waals surface area (Å²) in [6, 6.07) is 15.6. The molecule has 1 fully saturated rings. The van der Waals surface area contributed by atoms with Gasteiger partial charge in [-0.3, -0.25) is 14.5 Å². The third kappa shape index (κ3) is 4.70. The molecule has 5 nitrogen and oxygen atoms in total. The summed E-state index contributed by atoms with van der Waals surface area (Å²) in [5.74, 6) is 0.107. The van der Waals surface area contributed by atoms with Crippen LogP contribution in [0.3, 0.4) is 0 Å². The molecule has 3 rings (SSSR count). The Bertz CT molecular complexity index is 778. The second-order valence-electron chi connectivity index (χ2n) is 6.78. The fraction of sp³-hybridized carbons (Fsp3) is 0.333. The normalized spacial score (nSPS) is 14.9. The van der Waals surface area contributed by atoms with Crippen LogP contribution in [0.25, 0.3) is 0 Å².